The van der Waals surface area contributed by atoms with Gasteiger partial charge in [0.05, 0.1) is 11.8 Å². The largest absolute Gasteiger partial charge is 0.324 e. The molecule has 90 valence electrons. The number of hydrogen-bond donors (Lipinski definition) is 0. The Morgan fingerprint density at radius 3 is 3.00 bits per heavy atom. The summed E-state index contributed by atoms with van der Waals surface area (Å²) in [6.45, 7) is 2.30. The molecule has 3 rings (SSSR count). The number of Topliss-reactive ketones (excluding diaryl/α,β-unsaturated/α-hetero) is 1. The lowest BCUT2D eigenvalue weighted by Gasteiger charge is -2.12. The first-order valence-electron chi connectivity index (χ1n) is 6.24. The number of aryl methyl sites for hydroxylation is 2. The second-order valence-corrected chi connectivity index (χ2v) is 4.87. The van der Waals surface area contributed by atoms with Crippen LogP contribution in [-0.4, -0.2) is 10.4 Å². The van der Waals surface area contributed by atoms with Crippen LogP contribution in [0.1, 0.15) is 34.5 Å². The molecule has 0 N–H and O–H groups in total. The molecule has 0 spiro atoms. The fourth-order valence-electron chi connectivity index (χ4n) is 2.89. The van der Waals surface area contributed by atoms with Gasteiger partial charge in [0.15, 0.2) is 5.78 Å². The maximum atomic E-state index is 12.1. The van der Waals surface area contributed by atoms with E-state index in [0.29, 0.717) is 6.42 Å². The molecule has 2 aromatic rings. The van der Waals surface area contributed by atoms with Gasteiger partial charge in [0.1, 0.15) is 6.54 Å². The highest BCUT2D eigenvalue weighted by atomic mass is 16.1. The van der Waals surface area contributed by atoms with Crippen molar-refractivity contribution in [3.63, 3.8) is 0 Å². The molecule has 1 heterocycles. The van der Waals surface area contributed by atoms with Gasteiger partial charge in [-0.1, -0.05) is 11.6 Å². The molecule has 1 aromatic carbocycles. The van der Waals surface area contributed by atoms with E-state index in [9.17, 15) is 4.79 Å². The minimum atomic E-state index is 0.181. The Morgan fingerprint density at radius 2 is 2.22 bits per heavy atom. The first kappa shape index (κ1) is 11.0. The molecule has 0 aliphatic heterocycles. The van der Waals surface area contributed by atoms with Crippen LogP contribution in [0.3, 0.4) is 0 Å². The van der Waals surface area contributed by atoms with Crippen LogP contribution in [-0.2, 0) is 13.0 Å². The first-order chi connectivity index (χ1) is 8.72. The van der Waals surface area contributed by atoms with Crippen LogP contribution < -0.4 is 0 Å². The Hall–Kier alpha value is -2.08. The van der Waals surface area contributed by atoms with Crippen molar-refractivity contribution in [2.75, 3.05) is 0 Å². The number of hydrogen-bond acceptors (Lipinski definition) is 2. The van der Waals surface area contributed by atoms with Crippen LogP contribution in [0, 0.1) is 18.3 Å². The van der Waals surface area contributed by atoms with Crippen LogP contribution in [0.15, 0.2) is 18.2 Å². The smallest absolute Gasteiger partial charge is 0.179 e. The van der Waals surface area contributed by atoms with E-state index in [-0.39, 0.29) is 12.3 Å². The molecular weight excluding hydrogens is 224 g/mol. The van der Waals surface area contributed by atoms with Crippen molar-refractivity contribution in [3.05, 3.63) is 35.0 Å². The first-order valence-corrected chi connectivity index (χ1v) is 6.24. The Morgan fingerprint density at radius 1 is 1.39 bits per heavy atom. The summed E-state index contributed by atoms with van der Waals surface area (Å²) in [5.74, 6) is 0.181. The average Bonchev–Trinajstić information content (AvgIpc) is 2.66. The third-order valence-corrected chi connectivity index (χ3v) is 3.65. The standard InChI is InChI=1S/C15H14N2O/c1-10-5-6-13-12(9-10)11-3-2-4-14(18)15(11)17(13)8-7-16/h5-6,9H,2-4,8H2,1H3. The van der Waals surface area contributed by atoms with E-state index in [1.54, 1.807) is 0 Å². The number of benzene rings is 1. The molecule has 3 heteroatoms. The molecule has 18 heavy (non-hydrogen) atoms. The minimum Gasteiger partial charge on any atom is -0.324 e. The third-order valence-electron chi connectivity index (χ3n) is 3.65. The molecular formula is C15H14N2O. The molecule has 0 amide bonds. The van der Waals surface area contributed by atoms with E-state index in [4.69, 9.17) is 5.26 Å². The lowest BCUT2D eigenvalue weighted by Crippen LogP contribution is -2.15. The van der Waals surface area contributed by atoms with Gasteiger partial charge in [-0.2, -0.15) is 5.26 Å². The van der Waals surface area contributed by atoms with Crippen molar-refractivity contribution in [2.24, 2.45) is 0 Å². The maximum absolute atomic E-state index is 12.1. The zero-order chi connectivity index (χ0) is 12.7. The molecule has 1 aliphatic rings. The van der Waals surface area contributed by atoms with Crippen molar-refractivity contribution in [2.45, 2.75) is 32.7 Å². The van der Waals surface area contributed by atoms with E-state index >= 15 is 0 Å². The Balaban J connectivity index is 2.40. The highest BCUT2D eigenvalue weighted by molar-refractivity contribution is 6.04. The number of aromatic nitrogens is 1. The van der Waals surface area contributed by atoms with Crippen LogP contribution in [0.4, 0.5) is 0 Å². The molecule has 0 saturated heterocycles. The summed E-state index contributed by atoms with van der Waals surface area (Å²) in [6.07, 6.45) is 2.47. The summed E-state index contributed by atoms with van der Waals surface area (Å²) in [4.78, 5) is 12.1. The number of carbonyl (C=O) groups is 1. The van der Waals surface area contributed by atoms with Gasteiger partial charge in [-0.05, 0) is 37.5 Å². The topological polar surface area (TPSA) is 45.8 Å². The summed E-state index contributed by atoms with van der Waals surface area (Å²) in [6, 6.07) is 8.34. The Bertz CT molecular complexity index is 689. The van der Waals surface area contributed by atoms with Gasteiger partial charge < -0.3 is 4.57 Å². The van der Waals surface area contributed by atoms with E-state index in [1.165, 1.54) is 5.56 Å². The van der Waals surface area contributed by atoms with Gasteiger partial charge >= 0.3 is 0 Å². The van der Waals surface area contributed by atoms with E-state index in [2.05, 4.69) is 19.1 Å². The maximum Gasteiger partial charge on any atom is 0.179 e. The summed E-state index contributed by atoms with van der Waals surface area (Å²) >= 11 is 0. The van der Waals surface area contributed by atoms with E-state index in [0.717, 1.165) is 35.0 Å². The van der Waals surface area contributed by atoms with Crippen LogP contribution in [0.2, 0.25) is 0 Å². The zero-order valence-corrected chi connectivity index (χ0v) is 10.4. The number of rotatable bonds is 1. The second kappa shape index (κ2) is 3.99. The molecule has 0 fully saturated rings. The fraction of sp³-hybridized carbons (Fsp3) is 0.333. The number of nitrogens with zero attached hydrogens (tertiary/aromatic N) is 2. The van der Waals surface area contributed by atoms with Gasteiger partial charge in [-0.15, -0.1) is 0 Å². The second-order valence-electron chi connectivity index (χ2n) is 4.87. The summed E-state index contributed by atoms with van der Waals surface area (Å²) in [7, 11) is 0. The van der Waals surface area contributed by atoms with Gasteiger partial charge in [0.2, 0.25) is 0 Å². The molecule has 3 nitrogen and oxygen atoms in total. The lowest BCUT2D eigenvalue weighted by molar-refractivity contribution is 0.0964. The summed E-state index contributed by atoms with van der Waals surface area (Å²) < 4.78 is 1.88. The predicted octanol–water partition coefficient (Wildman–Crippen LogP) is 2.99. The highest BCUT2D eigenvalue weighted by Gasteiger charge is 2.25. The average molecular weight is 238 g/mol. The number of nitriles is 1. The molecule has 0 radical (unpaired) electrons. The minimum absolute atomic E-state index is 0.181. The molecule has 0 bridgehead atoms. The number of carbonyl (C=O) groups excluding carboxylic acids is 1. The van der Waals surface area contributed by atoms with Crippen LogP contribution in [0.25, 0.3) is 10.9 Å². The van der Waals surface area contributed by atoms with Crippen molar-refractivity contribution in [1.29, 1.82) is 5.26 Å². The predicted molar refractivity (Wildman–Crippen MR) is 69.6 cm³/mol. The lowest BCUT2D eigenvalue weighted by atomic mass is 9.94. The quantitative estimate of drug-likeness (QED) is 0.766. The Labute approximate surface area is 106 Å². The SMILES string of the molecule is Cc1ccc2c(c1)c1c(n2CC#N)C(=O)CCC1. The van der Waals surface area contributed by atoms with Crippen LogP contribution in [0.5, 0.6) is 0 Å². The molecule has 0 saturated carbocycles. The molecule has 1 aliphatic carbocycles. The van der Waals surface area contributed by atoms with Crippen LogP contribution >= 0.6 is 0 Å². The van der Waals surface area contributed by atoms with Crippen molar-refractivity contribution in [1.82, 2.24) is 4.57 Å². The van der Waals surface area contributed by atoms with Gasteiger partial charge in [0.25, 0.3) is 0 Å². The number of fused-ring (bicyclic) bond motifs is 3. The monoisotopic (exact) mass is 238 g/mol. The summed E-state index contributed by atoms with van der Waals surface area (Å²) in [5, 5.41) is 10.1. The highest BCUT2D eigenvalue weighted by Crippen LogP contribution is 2.32. The van der Waals surface area contributed by atoms with Gasteiger partial charge in [-0.3, -0.25) is 4.79 Å². The van der Waals surface area contributed by atoms with Crippen molar-refractivity contribution < 1.29 is 4.79 Å². The van der Waals surface area contributed by atoms with Crippen molar-refractivity contribution in [3.8, 4) is 6.07 Å². The van der Waals surface area contributed by atoms with Crippen molar-refractivity contribution >= 4 is 16.7 Å². The van der Waals surface area contributed by atoms with E-state index < -0.39 is 0 Å². The van der Waals surface area contributed by atoms with Gasteiger partial charge in [-0.25, -0.2) is 0 Å². The molecule has 0 unspecified atom stereocenters. The fourth-order valence-corrected chi connectivity index (χ4v) is 2.89. The number of ketones is 1. The Kier molecular flexibility index (Phi) is 2.45. The molecule has 1 aromatic heterocycles. The normalized spacial score (nSPS) is 14.6. The van der Waals surface area contributed by atoms with E-state index in [1.807, 2.05) is 16.7 Å². The summed E-state index contributed by atoms with van der Waals surface area (Å²) in [5.41, 5.74) is 4.11. The zero-order valence-electron chi connectivity index (χ0n) is 10.4. The molecule has 0 atom stereocenters. The third kappa shape index (κ3) is 1.46. The van der Waals surface area contributed by atoms with Gasteiger partial charge in [0, 0.05) is 17.3 Å².